The highest BCUT2D eigenvalue weighted by Crippen LogP contribution is 2.33. The number of nitrogens with one attached hydrogen (secondary N) is 1. The van der Waals surface area contributed by atoms with Crippen molar-refractivity contribution < 1.29 is 22.7 Å². The lowest BCUT2D eigenvalue weighted by molar-refractivity contribution is -0.128. The van der Waals surface area contributed by atoms with E-state index >= 15 is 0 Å². The number of rotatable bonds is 11. The van der Waals surface area contributed by atoms with Gasteiger partial charge in [0.1, 0.15) is 5.75 Å². The van der Waals surface area contributed by atoms with Crippen molar-refractivity contribution in [1.82, 2.24) is 9.62 Å². The Balaban J connectivity index is 1.35. The van der Waals surface area contributed by atoms with Gasteiger partial charge in [-0.25, -0.2) is 8.42 Å². The van der Waals surface area contributed by atoms with Crippen LogP contribution in [0.5, 0.6) is 5.75 Å². The lowest BCUT2D eigenvalue weighted by atomic mass is 10.1. The maximum Gasteiger partial charge on any atom is 0.262 e. The van der Waals surface area contributed by atoms with Gasteiger partial charge in [-0.05, 0) is 60.4 Å². The molecule has 0 aromatic heterocycles. The van der Waals surface area contributed by atoms with Gasteiger partial charge in [-0.2, -0.15) is 4.31 Å². The van der Waals surface area contributed by atoms with Crippen LogP contribution in [-0.2, 0) is 32.5 Å². The summed E-state index contributed by atoms with van der Waals surface area (Å²) in [5, 5.41) is 2.91. The van der Waals surface area contributed by atoms with Crippen molar-refractivity contribution in [2.45, 2.75) is 23.8 Å². The lowest BCUT2D eigenvalue weighted by Crippen LogP contribution is -2.53. The third kappa shape index (κ3) is 7.70. The summed E-state index contributed by atoms with van der Waals surface area (Å²) in [7, 11) is -4.01. The zero-order valence-corrected chi connectivity index (χ0v) is 25.8. The molecule has 0 saturated heterocycles. The molecule has 4 aromatic carbocycles. The highest BCUT2D eigenvalue weighted by molar-refractivity contribution is 9.10. The Hall–Kier alpha value is -3.99. The van der Waals surface area contributed by atoms with Crippen LogP contribution in [0.25, 0.3) is 0 Å². The van der Waals surface area contributed by atoms with Gasteiger partial charge in [0.2, 0.25) is 15.9 Å². The Morgan fingerprint density at radius 1 is 0.837 bits per heavy atom. The zero-order valence-electron chi connectivity index (χ0n) is 23.4. The quantitative estimate of drug-likeness (QED) is 0.248. The number of amides is 2. The zero-order chi connectivity index (χ0) is 30.2. The number of benzene rings is 4. The fourth-order valence-corrected chi connectivity index (χ4v) is 6.52. The van der Waals surface area contributed by atoms with Crippen LogP contribution in [0.15, 0.2) is 119 Å². The third-order valence-electron chi connectivity index (χ3n) is 7.18. The molecule has 0 radical (unpaired) electrons. The summed E-state index contributed by atoms with van der Waals surface area (Å²) in [6.45, 7) is 0.0698. The van der Waals surface area contributed by atoms with Gasteiger partial charge in [0, 0.05) is 17.6 Å². The van der Waals surface area contributed by atoms with Crippen LogP contribution >= 0.6 is 15.9 Å². The number of halogens is 1. The smallest absolute Gasteiger partial charge is 0.262 e. The van der Waals surface area contributed by atoms with E-state index in [-0.39, 0.29) is 23.9 Å². The summed E-state index contributed by atoms with van der Waals surface area (Å²) >= 11 is 3.35. The second-order valence-electron chi connectivity index (χ2n) is 10.1. The number of anilines is 1. The molecule has 4 aromatic rings. The average Bonchev–Trinajstić information content (AvgIpc) is 3.03. The first-order valence-electron chi connectivity index (χ1n) is 14.0. The van der Waals surface area contributed by atoms with Crippen molar-refractivity contribution in [3.63, 3.8) is 0 Å². The Morgan fingerprint density at radius 2 is 1.44 bits per heavy atom. The molecular weight excluding hydrogens is 630 g/mol. The van der Waals surface area contributed by atoms with Crippen LogP contribution in [-0.4, -0.2) is 56.8 Å². The van der Waals surface area contributed by atoms with Gasteiger partial charge in [-0.1, -0.05) is 88.7 Å². The molecule has 1 atom stereocenters. The Bertz CT molecular complexity index is 1650. The first kappa shape index (κ1) is 30.5. The minimum Gasteiger partial charge on any atom is -0.477 e. The van der Waals surface area contributed by atoms with Crippen LogP contribution in [0, 0.1) is 0 Å². The molecule has 222 valence electrons. The molecule has 0 saturated carbocycles. The highest BCUT2D eigenvalue weighted by atomic mass is 79.9. The number of hydrogen-bond acceptors (Lipinski definition) is 5. The van der Waals surface area contributed by atoms with Crippen LogP contribution in [0.1, 0.15) is 11.1 Å². The standard InChI is InChI=1S/C33H32BrN3O5S/c34-27-15-17-28(18-16-27)43(40,41)36(22-20-26-11-5-2-6-12-26)24-32(38)37-23-31(42-30-14-8-7-13-29(30)37)33(39)35-21-19-25-9-3-1-4-10-25/h1-18,31H,19-24H2,(H,35,39)/t31-/m0/s1. The second kappa shape index (κ2) is 14.0. The molecule has 1 N–H and O–H groups in total. The maximum absolute atomic E-state index is 13.9. The first-order valence-corrected chi connectivity index (χ1v) is 16.2. The molecule has 1 aliphatic rings. The van der Waals surface area contributed by atoms with Crippen molar-refractivity contribution in [3.8, 4) is 5.75 Å². The molecule has 43 heavy (non-hydrogen) atoms. The van der Waals surface area contributed by atoms with Gasteiger partial charge in [-0.15, -0.1) is 0 Å². The number of fused-ring (bicyclic) bond motifs is 1. The number of nitrogens with zero attached hydrogens (tertiary/aromatic N) is 2. The van der Waals surface area contributed by atoms with Crippen molar-refractivity contribution in [2.24, 2.45) is 0 Å². The predicted octanol–water partition coefficient (Wildman–Crippen LogP) is 4.84. The van der Waals surface area contributed by atoms with E-state index in [0.717, 1.165) is 15.6 Å². The van der Waals surface area contributed by atoms with E-state index in [2.05, 4.69) is 21.2 Å². The van der Waals surface area contributed by atoms with E-state index in [9.17, 15) is 18.0 Å². The van der Waals surface area contributed by atoms with E-state index in [1.165, 1.54) is 21.3 Å². The van der Waals surface area contributed by atoms with Gasteiger partial charge in [0.15, 0.2) is 6.10 Å². The largest absolute Gasteiger partial charge is 0.477 e. The molecule has 0 aliphatic carbocycles. The minimum atomic E-state index is -4.01. The second-order valence-corrected chi connectivity index (χ2v) is 13.0. The molecule has 0 bridgehead atoms. The SMILES string of the molecule is O=C(NCCc1ccccc1)[C@@H]1CN(C(=O)CN(CCc2ccccc2)S(=O)(=O)c2ccc(Br)cc2)c2ccccc2O1. The van der Waals surface area contributed by atoms with Gasteiger partial charge < -0.3 is 15.0 Å². The molecule has 10 heteroatoms. The molecule has 0 unspecified atom stereocenters. The highest BCUT2D eigenvalue weighted by Gasteiger charge is 2.36. The normalized spacial score (nSPS) is 14.6. The van der Waals surface area contributed by atoms with Crippen molar-refractivity contribution in [3.05, 3.63) is 125 Å². The van der Waals surface area contributed by atoms with E-state index in [0.29, 0.717) is 30.8 Å². The first-order chi connectivity index (χ1) is 20.8. The Kier molecular flexibility index (Phi) is 9.91. The summed E-state index contributed by atoms with van der Waals surface area (Å²) in [6.07, 6.45) is 0.134. The summed E-state index contributed by atoms with van der Waals surface area (Å²) in [5.41, 5.74) is 2.54. The fourth-order valence-electron chi connectivity index (χ4n) is 4.87. The van der Waals surface area contributed by atoms with Crippen LogP contribution in [0.2, 0.25) is 0 Å². The predicted molar refractivity (Wildman–Crippen MR) is 169 cm³/mol. The monoisotopic (exact) mass is 661 g/mol. The minimum absolute atomic E-state index is 0.0438. The fraction of sp³-hybridized carbons (Fsp3) is 0.212. The number of ether oxygens (including phenoxy) is 1. The van der Waals surface area contributed by atoms with Crippen LogP contribution in [0.3, 0.4) is 0 Å². The molecule has 5 rings (SSSR count). The number of sulfonamides is 1. The van der Waals surface area contributed by atoms with Gasteiger partial charge in [0.25, 0.3) is 5.91 Å². The number of hydrogen-bond donors (Lipinski definition) is 1. The molecule has 2 amide bonds. The summed E-state index contributed by atoms with van der Waals surface area (Å²) in [5.74, 6) is -0.407. The van der Waals surface area contributed by atoms with Crippen LogP contribution < -0.4 is 15.0 Å². The summed E-state index contributed by atoms with van der Waals surface area (Å²) in [6, 6.07) is 32.6. The van der Waals surface area contributed by atoms with Gasteiger partial charge in [-0.3, -0.25) is 9.59 Å². The summed E-state index contributed by atoms with van der Waals surface area (Å²) < 4.78 is 35.5. The third-order valence-corrected chi connectivity index (χ3v) is 9.57. The number of para-hydroxylation sites is 2. The van der Waals surface area contributed by atoms with Crippen molar-refractivity contribution in [2.75, 3.05) is 31.1 Å². The molecule has 0 spiro atoms. The lowest BCUT2D eigenvalue weighted by Gasteiger charge is -2.35. The van der Waals surface area contributed by atoms with Crippen molar-refractivity contribution >= 4 is 43.5 Å². The Labute approximate surface area is 260 Å². The van der Waals surface area contributed by atoms with E-state index in [1.54, 1.807) is 36.4 Å². The summed E-state index contributed by atoms with van der Waals surface area (Å²) in [4.78, 5) is 28.6. The maximum atomic E-state index is 13.9. The van der Waals surface area contributed by atoms with Crippen molar-refractivity contribution in [1.29, 1.82) is 0 Å². The number of carbonyl (C=O) groups excluding carboxylic acids is 2. The Morgan fingerprint density at radius 3 is 2.12 bits per heavy atom. The molecule has 1 heterocycles. The molecular formula is C33H32BrN3O5S. The van der Waals surface area contributed by atoms with E-state index in [1.807, 2.05) is 60.7 Å². The van der Waals surface area contributed by atoms with E-state index in [4.69, 9.17) is 4.74 Å². The van der Waals surface area contributed by atoms with E-state index < -0.39 is 28.6 Å². The average molecular weight is 663 g/mol. The van der Waals surface area contributed by atoms with Gasteiger partial charge >= 0.3 is 0 Å². The topological polar surface area (TPSA) is 96.0 Å². The van der Waals surface area contributed by atoms with Crippen LogP contribution in [0.4, 0.5) is 5.69 Å². The molecule has 0 fully saturated rings. The van der Waals surface area contributed by atoms with Gasteiger partial charge in [0.05, 0.1) is 23.7 Å². The number of carbonyl (C=O) groups is 2. The molecule has 1 aliphatic heterocycles. The molecule has 8 nitrogen and oxygen atoms in total.